The van der Waals surface area contributed by atoms with E-state index in [-0.39, 0.29) is 19.8 Å². The summed E-state index contributed by atoms with van der Waals surface area (Å²) < 4.78 is 12.9. The van der Waals surface area contributed by atoms with Crippen molar-refractivity contribution in [1.82, 2.24) is 0 Å². The Morgan fingerprint density at radius 2 is 1.09 bits per heavy atom. The van der Waals surface area contributed by atoms with E-state index in [0.717, 1.165) is 0 Å². The van der Waals surface area contributed by atoms with Gasteiger partial charge in [0.25, 0.3) is 24.1 Å². The van der Waals surface area contributed by atoms with E-state index in [2.05, 4.69) is 14.0 Å². The van der Waals surface area contributed by atoms with E-state index in [1.807, 2.05) is 0 Å². The Kier molecular flexibility index (Phi) is 5.82. The molecule has 0 bridgehead atoms. The van der Waals surface area contributed by atoms with E-state index >= 15 is 0 Å². The van der Waals surface area contributed by atoms with Crippen molar-refractivity contribution in [2.45, 2.75) is 5.31 Å². The molecule has 0 rings (SSSR count). The molecule has 7 heteroatoms. The summed E-state index contributed by atoms with van der Waals surface area (Å²) in [5.74, 6) is 0. The van der Waals surface area contributed by atoms with Crippen molar-refractivity contribution in [1.29, 1.82) is 0 Å². The zero-order chi connectivity index (χ0) is 8.74. The van der Waals surface area contributed by atoms with Gasteiger partial charge in [-0.25, -0.2) is 0 Å². The minimum atomic E-state index is -0.891. The highest BCUT2D eigenvalue weighted by atomic mass is 16.4. The summed E-state index contributed by atoms with van der Waals surface area (Å²) in [6.07, 6.45) is 0. The third kappa shape index (κ3) is 4.56. The highest BCUT2D eigenvalue weighted by molar-refractivity contribution is 6.16. The van der Waals surface area contributed by atoms with Gasteiger partial charge in [-0.05, 0) is 5.31 Å². The van der Waals surface area contributed by atoms with Crippen molar-refractivity contribution in [2.24, 2.45) is 0 Å². The summed E-state index contributed by atoms with van der Waals surface area (Å²) in [7, 11) is 20.0. The monoisotopic (exact) mass is 146 g/mol. The summed E-state index contributed by atoms with van der Waals surface area (Å²) in [4.78, 5) is 0. The molecule has 0 aromatic heterocycles. The Hall–Kier alpha value is 0.140. The molecule has 11 heavy (non-hydrogen) atoms. The van der Waals surface area contributed by atoms with E-state index in [9.17, 15) is 0 Å². The van der Waals surface area contributed by atoms with Crippen LogP contribution in [-0.4, -0.2) is 51.8 Å². The molecular weight excluding hydrogens is 139 g/mol. The molecule has 0 amide bonds. The molecular formula is C4H6B4O3. The molecule has 0 unspecified atom stereocenters. The summed E-state index contributed by atoms with van der Waals surface area (Å²) in [5.41, 5.74) is 0. The van der Waals surface area contributed by atoms with Crippen LogP contribution < -0.4 is 0 Å². The van der Waals surface area contributed by atoms with Gasteiger partial charge in [0.15, 0.2) is 0 Å². The molecule has 0 aromatic rings. The third-order valence-corrected chi connectivity index (χ3v) is 1.11. The van der Waals surface area contributed by atoms with Gasteiger partial charge < -0.3 is 14.0 Å². The average molecular weight is 145 g/mol. The second-order valence-electron chi connectivity index (χ2n) is 2.30. The molecule has 0 atom stereocenters. The highest BCUT2D eigenvalue weighted by Crippen LogP contribution is 2.21. The standard InChI is InChI=1S/C4H6B4O3/c5-4(1-9-6,2-10-7)3-11-8/h1-3H2. The van der Waals surface area contributed by atoms with Gasteiger partial charge in [-0.2, -0.15) is 0 Å². The van der Waals surface area contributed by atoms with E-state index in [0.29, 0.717) is 0 Å². The van der Waals surface area contributed by atoms with Crippen molar-refractivity contribution in [3.63, 3.8) is 0 Å². The normalized spacial score (nSPS) is 11.6. The molecule has 0 aromatic carbocycles. The second-order valence-corrected chi connectivity index (χ2v) is 2.30. The Balaban J connectivity index is 3.79. The van der Waals surface area contributed by atoms with Gasteiger partial charge >= 0.3 is 0 Å². The highest BCUT2D eigenvalue weighted by Gasteiger charge is 2.22. The van der Waals surface area contributed by atoms with E-state index in [4.69, 9.17) is 32.0 Å². The van der Waals surface area contributed by atoms with Crippen LogP contribution in [0.25, 0.3) is 0 Å². The largest absolute Gasteiger partial charge is 0.448 e. The average Bonchev–Trinajstić information content (AvgIpc) is 1.88. The Labute approximate surface area is 71.9 Å². The van der Waals surface area contributed by atoms with Crippen LogP contribution >= 0.6 is 0 Å². The second kappa shape index (κ2) is 5.75. The third-order valence-electron chi connectivity index (χ3n) is 1.11. The Morgan fingerprint density at radius 1 is 0.818 bits per heavy atom. The summed E-state index contributed by atoms with van der Waals surface area (Å²) in [5, 5.41) is -0.891. The maximum Gasteiger partial charge on any atom is 0.282 e. The maximum atomic E-state index is 5.61. The Morgan fingerprint density at radius 3 is 1.27 bits per heavy atom. The van der Waals surface area contributed by atoms with Gasteiger partial charge in [0.05, 0.1) is 7.85 Å². The first-order chi connectivity index (χ1) is 5.18. The molecule has 0 saturated carbocycles. The maximum absolute atomic E-state index is 5.61. The minimum Gasteiger partial charge on any atom is -0.448 e. The van der Waals surface area contributed by atoms with Crippen LogP contribution in [0.2, 0.25) is 5.31 Å². The molecule has 8 radical (unpaired) electrons. The molecule has 0 spiro atoms. The zero-order valence-electron chi connectivity index (χ0n) is 6.16. The predicted molar refractivity (Wildman–Crippen MR) is 43.6 cm³/mol. The first-order valence-corrected chi connectivity index (χ1v) is 2.92. The topological polar surface area (TPSA) is 27.7 Å². The van der Waals surface area contributed by atoms with Crippen molar-refractivity contribution >= 4 is 32.0 Å². The Bertz CT molecular complexity index is 84.3. The lowest BCUT2D eigenvalue weighted by Gasteiger charge is -2.28. The smallest absolute Gasteiger partial charge is 0.282 e. The van der Waals surface area contributed by atoms with Crippen molar-refractivity contribution < 1.29 is 14.0 Å². The van der Waals surface area contributed by atoms with Gasteiger partial charge in [0.2, 0.25) is 0 Å². The minimum absolute atomic E-state index is 0.0569. The van der Waals surface area contributed by atoms with Crippen LogP contribution in [0, 0.1) is 0 Å². The number of hydrogen-bond acceptors (Lipinski definition) is 3. The molecule has 3 nitrogen and oxygen atoms in total. The molecule has 0 heterocycles. The van der Waals surface area contributed by atoms with Crippen molar-refractivity contribution in [3.8, 4) is 0 Å². The van der Waals surface area contributed by atoms with Crippen molar-refractivity contribution in [3.05, 3.63) is 0 Å². The van der Waals surface area contributed by atoms with Crippen molar-refractivity contribution in [2.75, 3.05) is 19.8 Å². The first kappa shape index (κ1) is 11.1. The SMILES string of the molecule is [B]OCC([B])(CO[B])CO[B]. The van der Waals surface area contributed by atoms with Gasteiger partial charge in [-0.3, -0.25) is 0 Å². The zero-order valence-corrected chi connectivity index (χ0v) is 6.16. The van der Waals surface area contributed by atoms with Crippen LogP contribution in [-0.2, 0) is 14.0 Å². The fraction of sp³-hybridized carbons (Fsp3) is 1.00. The lowest BCUT2D eigenvalue weighted by Crippen LogP contribution is -2.30. The number of rotatable bonds is 6. The summed E-state index contributed by atoms with van der Waals surface area (Å²) in [6.45, 7) is 0.171. The molecule has 0 aliphatic heterocycles. The van der Waals surface area contributed by atoms with E-state index in [1.165, 1.54) is 0 Å². The van der Waals surface area contributed by atoms with Crippen LogP contribution in [0.1, 0.15) is 0 Å². The molecule has 0 saturated heterocycles. The fourth-order valence-corrected chi connectivity index (χ4v) is 0.623. The molecule has 52 valence electrons. The van der Waals surface area contributed by atoms with Crippen LogP contribution in [0.15, 0.2) is 0 Å². The predicted octanol–water partition coefficient (Wildman–Crippen LogP) is -1.39. The molecule has 0 fully saturated rings. The number of hydrogen-bond donors (Lipinski definition) is 0. The van der Waals surface area contributed by atoms with Gasteiger partial charge in [0, 0.05) is 19.8 Å². The summed E-state index contributed by atoms with van der Waals surface area (Å²) in [6, 6.07) is 0. The lowest BCUT2D eigenvalue weighted by atomic mass is 9.70. The first-order valence-electron chi connectivity index (χ1n) is 2.92. The quantitative estimate of drug-likeness (QED) is 0.431. The molecule has 0 N–H and O–H groups in total. The molecule has 0 aliphatic rings. The van der Waals surface area contributed by atoms with Crippen LogP contribution in [0.5, 0.6) is 0 Å². The summed E-state index contributed by atoms with van der Waals surface area (Å²) >= 11 is 0. The van der Waals surface area contributed by atoms with Gasteiger partial charge in [0.1, 0.15) is 0 Å². The van der Waals surface area contributed by atoms with Gasteiger partial charge in [-0.1, -0.05) is 0 Å². The van der Waals surface area contributed by atoms with E-state index in [1.54, 1.807) is 0 Å². The van der Waals surface area contributed by atoms with Gasteiger partial charge in [-0.15, -0.1) is 0 Å². The van der Waals surface area contributed by atoms with Crippen LogP contribution in [0.3, 0.4) is 0 Å². The fourth-order valence-electron chi connectivity index (χ4n) is 0.623. The van der Waals surface area contributed by atoms with Crippen LogP contribution in [0.4, 0.5) is 0 Å². The van der Waals surface area contributed by atoms with E-state index < -0.39 is 5.31 Å². The lowest BCUT2D eigenvalue weighted by molar-refractivity contribution is 0.155. The molecule has 0 aliphatic carbocycles.